The van der Waals surface area contributed by atoms with Crippen molar-refractivity contribution >= 4 is 11.8 Å². The van der Waals surface area contributed by atoms with Crippen LogP contribution in [0.3, 0.4) is 0 Å². The number of hydrogen-bond donors (Lipinski definition) is 1. The third-order valence-electron chi connectivity index (χ3n) is 3.72. The Morgan fingerprint density at radius 2 is 2.38 bits per heavy atom. The molecule has 1 nitrogen and oxygen atoms in total. The smallest absolute Gasteiger partial charge is 0.0110 e. The van der Waals surface area contributed by atoms with Crippen LogP contribution < -0.4 is 5.32 Å². The van der Waals surface area contributed by atoms with Crippen molar-refractivity contribution in [2.24, 2.45) is 5.92 Å². The lowest BCUT2D eigenvalue weighted by Crippen LogP contribution is -2.11. The summed E-state index contributed by atoms with van der Waals surface area (Å²) in [6.45, 7) is 4.77. The normalized spacial score (nSPS) is 28.3. The van der Waals surface area contributed by atoms with E-state index in [2.05, 4.69) is 30.4 Å². The van der Waals surface area contributed by atoms with E-state index in [9.17, 15) is 0 Å². The molecule has 3 rings (SSSR count). The van der Waals surface area contributed by atoms with Gasteiger partial charge in [0.25, 0.3) is 0 Å². The number of benzene rings is 1. The van der Waals surface area contributed by atoms with Crippen molar-refractivity contribution in [3.8, 4) is 0 Å². The van der Waals surface area contributed by atoms with Gasteiger partial charge >= 0.3 is 0 Å². The maximum atomic E-state index is 3.46. The molecular formula is C14H19NS. The predicted molar refractivity (Wildman–Crippen MR) is 70.1 cm³/mol. The van der Waals surface area contributed by atoms with Gasteiger partial charge in [0.2, 0.25) is 0 Å². The van der Waals surface area contributed by atoms with Crippen LogP contribution in [0.1, 0.15) is 24.5 Å². The van der Waals surface area contributed by atoms with Crippen LogP contribution in [0.25, 0.3) is 0 Å². The molecule has 0 radical (unpaired) electrons. The SMILES string of the molecule is CC1Cc2c(CC3CCNC3)cccc2S1. The molecule has 2 aliphatic heterocycles. The number of fused-ring (bicyclic) bond motifs is 1. The summed E-state index contributed by atoms with van der Waals surface area (Å²) in [4.78, 5) is 1.54. The lowest BCUT2D eigenvalue weighted by atomic mass is 9.93. The zero-order chi connectivity index (χ0) is 11.0. The molecule has 86 valence electrons. The van der Waals surface area contributed by atoms with E-state index in [4.69, 9.17) is 0 Å². The highest BCUT2D eigenvalue weighted by atomic mass is 32.2. The molecule has 2 heteroatoms. The van der Waals surface area contributed by atoms with Crippen molar-refractivity contribution in [1.29, 1.82) is 0 Å². The molecule has 0 amide bonds. The van der Waals surface area contributed by atoms with Crippen molar-refractivity contribution in [2.45, 2.75) is 36.3 Å². The van der Waals surface area contributed by atoms with Gasteiger partial charge < -0.3 is 5.32 Å². The topological polar surface area (TPSA) is 12.0 Å². The van der Waals surface area contributed by atoms with Gasteiger partial charge in [-0.3, -0.25) is 0 Å². The number of hydrogen-bond acceptors (Lipinski definition) is 2. The van der Waals surface area contributed by atoms with Crippen LogP contribution in [0.2, 0.25) is 0 Å². The minimum atomic E-state index is 0.776. The lowest BCUT2D eigenvalue weighted by molar-refractivity contribution is 0.576. The second-order valence-electron chi connectivity index (χ2n) is 5.09. The predicted octanol–water partition coefficient (Wildman–Crippen LogP) is 2.88. The Hall–Kier alpha value is -0.470. The first-order valence-electron chi connectivity index (χ1n) is 6.31. The molecule has 1 aromatic carbocycles. The molecular weight excluding hydrogens is 214 g/mol. The average molecular weight is 233 g/mol. The minimum Gasteiger partial charge on any atom is -0.316 e. The third-order valence-corrected chi connectivity index (χ3v) is 4.93. The molecule has 1 saturated heterocycles. The van der Waals surface area contributed by atoms with Gasteiger partial charge in [0.05, 0.1) is 0 Å². The van der Waals surface area contributed by atoms with Gasteiger partial charge in [-0.15, -0.1) is 11.8 Å². The van der Waals surface area contributed by atoms with Crippen molar-refractivity contribution in [3.05, 3.63) is 29.3 Å². The highest BCUT2D eigenvalue weighted by Crippen LogP contribution is 2.39. The lowest BCUT2D eigenvalue weighted by Gasteiger charge is -2.12. The zero-order valence-corrected chi connectivity index (χ0v) is 10.6. The summed E-state index contributed by atoms with van der Waals surface area (Å²) < 4.78 is 0. The Morgan fingerprint density at radius 1 is 1.44 bits per heavy atom. The van der Waals surface area contributed by atoms with Gasteiger partial charge in [-0.1, -0.05) is 19.1 Å². The summed E-state index contributed by atoms with van der Waals surface area (Å²) in [6.07, 6.45) is 3.91. The minimum absolute atomic E-state index is 0.776. The summed E-state index contributed by atoms with van der Waals surface area (Å²) in [5.74, 6) is 0.868. The fraction of sp³-hybridized carbons (Fsp3) is 0.571. The number of rotatable bonds is 2. The van der Waals surface area contributed by atoms with Crippen LogP contribution >= 0.6 is 11.8 Å². The van der Waals surface area contributed by atoms with E-state index in [1.54, 1.807) is 11.1 Å². The molecule has 0 bridgehead atoms. The van der Waals surface area contributed by atoms with Gasteiger partial charge in [-0.05, 0) is 55.5 Å². The van der Waals surface area contributed by atoms with E-state index < -0.39 is 0 Å². The Kier molecular flexibility index (Phi) is 2.95. The fourth-order valence-electron chi connectivity index (χ4n) is 2.89. The maximum absolute atomic E-state index is 3.46. The molecule has 16 heavy (non-hydrogen) atoms. The largest absolute Gasteiger partial charge is 0.316 e. The first-order valence-corrected chi connectivity index (χ1v) is 7.19. The molecule has 2 unspecified atom stereocenters. The van der Waals surface area contributed by atoms with E-state index in [-0.39, 0.29) is 0 Å². The second kappa shape index (κ2) is 4.42. The average Bonchev–Trinajstić information content (AvgIpc) is 2.86. The highest BCUT2D eigenvalue weighted by Gasteiger charge is 2.23. The molecule has 1 fully saturated rings. The maximum Gasteiger partial charge on any atom is 0.0110 e. The monoisotopic (exact) mass is 233 g/mol. The summed E-state index contributed by atoms with van der Waals surface area (Å²) >= 11 is 2.05. The van der Waals surface area contributed by atoms with E-state index >= 15 is 0 Å². The molecule has 2 aliphatic rings. The van der Waals surface area contributed by atoms with Gasteiger partial charge in [0, 0.05) is 10.1 Å². The van der Waals surface area contributed by atoms with Crippen LogP contribution in [0, 0.1) is 5.92 Å². The van der Waals surface area contributed by atoms with Crippen LogP contribution in [0.15, 0.2) is 23.1 Å². The Morgan fingerprint density at radius 3 is 3.19 bits per heavy atom. The fourth-order valence-corrected chi connectivity index (χ4v) is 4.09. The molecule has 1 N–H and O–H groups in total. The Labute approximate surface area is 102 Å². The Bertz CT molecular complexity index is 382. The van der Waals surface area contributed by atoms with Gasteiger partial charge in [0.1, 0.15) is 0 Å². The molecule has 0 aromatic heterocycles. The molecule has 2 atom stereocenters. The number of nitrogens with one attached hydrogen (secondary N) is 1. The van der Waals surface area contributed by atoms with E-state index in [1.165, 1.54) is 37.2 Å². The summed E-state index contributed by atoms with van der Waals surface area (Å²) in [6, 6.07) is 6.87. The van der Waals surface area contributed by atoms with Crippen LogP contribution in [-0.4, -0.2) is 18.3 Å². The van der Waals surface area contributed by atoms with E-state index in [0.717, 1.165) is 11.2 Å². The molecule has 0 aliphatic carbocycles. The first-order chi connectivity index (χ1) is 7.83. The van der Waals surface area contributed by atoms with Gasteiger partial charge in [-0.2, -0.15) is 0 Å². The van der Waals surface area contributed by atoms with E-state index in [1.807, 2.05) is 11.8 Å². The number of thioether (sulfide) groups is 1. The summed E-state index contributed by atoms with van der Waals surface area (Å²) in [7, 11) is 0. The molecule has 1 aromatic rings. The molecule has 2 heterocycles. The van der Waals surface area contributed by atoms with Crippen molar-refractivity contribution < 1.29 is 0 Å². The van der Waals surface area contributed by atoms with Gasteiger partial charge in [0.15, 0.2) is 0 Å². The standard InChI is InChI=1S/C14H19NS/c1-10-7-13-12(3-2-4-14(13)16-10)8-11-5-6-15-9-11/h2-4,10-11,15H,5-9H2,1H3. The van der Waals surface area contributed by atoms with Crippen LogP contribution in [0.5, 0.6) is 0 Å². The Balaban J connectivity index is 1.82. The first kappa shape index (κ1) is 10.7. The summed E-state index contributed by atoms with van der Waals surface area (Å²) in [5.41, 5.74) is 3.26. The van der Waals surface area contributed by atoms with Crippen molar-refractivity contribution in [2.75, 3.05) is 13.1 Å². The quantitative estimate of drug-likeness (QED) is 0.843. The second-order valence-corrected chi connectivity index (χ2v) is 6.57. The van der Waals surface area contributed by atoms with Crippen LogP contribution in [0.4, 0.5) is 0 Å². The van der Waals surface area contributed by atoms with Crippen molar-refractivity contribution in [3.63, 3.8) is 0 Å². The molecule has 0 saturated carbocycles. The van der Waals surface area contributed by atoms with Crippen molar-refractivity contribution in [1.82, 2.24) is 5.32 Å². The molecule has 0 spiro atoms. The zero-order valence-electron chi connectivity index (χ0n) is 9.83. The highest BCUT2D eigenvalue weighted by molar-refractivity contribution is 8.00. The van der Waals surface area contributed by atoms with Gasteiger partial charge in [-0.25, -0.2) is 0 Å². The van der Waals surface area contributed by atoms with E-state index in [0.29, 0.717) is 0 Å². The third kappa shape index (κ3) is 2.01. The summed E-state index contributed by atoms with van der Waals surface area (Å²) in [5, 5.41) is 4.24. The van der Waals surface area contributed by atoms with Crippen LogP contribution in [-0.2, 0) is 12.8 Å².